The SMILES string of the molecule is Cc1cccc(C(=O)NCCN2C(=O)S/C(=C\c3ccccc3)C2=O)c1C. The first-order chi connectivity index (χ1) is 13.0. The molecule has 3 amide bonds. The number of carbonyl (C=O) groups is 3. The maximum Gasteiger partial charge on any atom is 0.293 e. The van der Waals surface area contributed by atoms with Gasteiger partial charge >= 0.3 is 0 Å². The van der Waals surface area contributed by atoms with Crippen molar-refractivity contribution in [2.24, 2.45) is 0 Å². The van der Waals surface area contributed by atoms with Gasteiger partial charge in [-0.25, -0.2) is 0 Å². The van der Waals surface area contributed by atoms with Crippen LogP contribution in [-0.4, -0.2) is 35.0 Å². The quantitative estimate of drug-likeness (QED) is 0.802. The topological polar surface area (TPSA) is 66.5 Å². The van der Waals surface area contributed by atoms with Crippen LogP contribution >= 0.6 is 11.8 Å². The molecule has 0 spiro atoms. The van der Waals surface area contributed by atoms with Crippen LogP contribution in [0.5, 0.6) is 0 Å². The molecule has 1 N–H and O–H groups in total. The zero-order valence-electron chi connectivity index (χ0n) is 15.2. The fourth-order valence-electron chi connectivity index (χ4n) is 2.77. The van der Waals surface area contributed by atoms with E-state index in [2.05, 4.69) is 5.32 Å². The van der Waals surface area contributed by atoms with Crippen molar-refractivity contribution in [3.8, 4) is 0 Å². The van der Waals surface area contributed by atoms with Crippen LogP contribution in [-0.2, 0) is 4.79 Å². The van der Waals surface area contributed by atoms with E-state index in [0.29, 0.717) is 10.5 Å². The lowest BCUT2D eigenvalue weighted by Gasteiger charge is -2.14. The number of rotatable bonds is 5. The molecule has 1 aliphatic heterocycles. The van der Waals surface area contributed by atoms with Gasteiger partial charge in [-0.05, 0) is 54.4 Å². The molecule has 0 bridgehead atoms. The Bertz CT molecular complexity index is 922. The predicted octanol–water partition coefficient (Wildman–Crippen LogP) is 3.77. The molecule has 27 heavy (non-hydrogen) atoms. The fraction of sp³-hybridized carbons (Fsp3) is 0.190. The van der Waals surface area contributed by atoms with Gasteiger partial charge in [-0.15, -0.1) is 0 Å². The van der Waals surface area contributed by atoms with Crippen molar-refractivity contribution in [3.05, 3.63) is 75.7 Å². The van der Waals surface area contributed by atoms with Crippen molar-refractivity contribution in [2.45, 2.75) is 13.8 Å². The highest BCUT2D eigenvalue weighted by molar-refractivity contribution is 8.18. The van der Waals surface area contributed by atoms with Gasteiger partial charge in [-0.2, -0.15) is 0 Å². The average molecular weight is 380 g/mol. The number of imide groups is 1. The molecule has 0 radical (unpaired) electrons. The van der Waals surface area contributed by atoms with Crippen LogP contribution < -0.4 is 5.32 Å². The maximum atomic E-state index is 12.5. The minimum atomic E-state index is -0.324. The van der Waals surface area contributed by atoms with Crippen molar-refractivity contribution in [1.82, 2.24) is 10.2 Å². The Balaban J connectivity index is 1.60. The monoisotopic (exact) mass is 380 g/mol. The summed E-state index contributed by atoms with van der Waals surface area (Å²) in [5.74, 6) is -0.530. The summed E-state index contributed by atoms with van der Waals surface area (Å²) in [5, 5.41) is 2.47. The summed E-state index contributed by atoms with van der Waals surface area (Å²) in [4.78, 5) is 38.5. The minimum Gasteiger partial charge on any atom is -0.350 e. The smallest absolute Gasteiger partial charge is 0.293 e. The molecule has 0 aromatic heterocycles. The van der Waals surface area contributed by atoms with Gasteiger partial charge in [0.15, 0.2) is 0 Å². The largest absolute Gasteiger partial charge is 0.350 e. The summed E-state index contributed by atoms with van der Waals surface area (Å²) in [6, 6.07) is 14.9. The molecule has 1 fully saturated rings. The van der Waals surface area contributed by atoms with Crippen LogP contribution in [0, 0.1) is 13.8 Å². The third kappa shape index (κ3) is 4.28. The number of benzene rings is 2. The first-order valence-electron chi connectivity index (χ1n) is 8.62. The Labute approximate surface area is 162 Å². The van der Waals surface area contributed by atoms with E-state index in [1.807, 2.05) is 56.3 Å². The lowest BCUT2D eigenvalue weighted by molar-refractivity contribution is -0.122. The van der Waals surface area contributed by atoms with E-state index in [9.17, 15) is 14.4 Å². The highest BCUT2D eigenvalue weighted by Gasteiger charge is 2.34. The molecular formula is C21H20N2O3S. The number of nitrogens with one attached hydrogen (secondary N) is 1. The first-order valence-corrected chi connectivity index (χ1v) is 9.44. The summed E-state index contributed by atoms with van der Waals surface area (Å²) in [5.41, 5.74) is 3.44. The Hall–Kier alpha value is -2.86. The minimum absolute atomic E-state index is 0.146. The molecule has 1 heterocycles. The van der Waals surface area contributed by atoms with E-state index >= 15 is 0 Å². The third-order valence-electron chi connectivity index (χ3n) is 4.44. The summed E-state index contributed by atoms with van der Waals surface area (Å²) in [6.07, 6.45) is 1.71. The van der Waals surface area contributed by atoms with Gasteiger partial charge in [0, 0.05) is 18.7 Å². The maximum absolute atomic E-state index is 12.5. The van der Waals surface area contributed by atoms with Crippen molar-refractivity contribution in [3.63, 3.8) is 0 Å². The fourth-order valence-corrected chi connectivity index (χ4v) is 3.63. The van der Waals surface area contributed by atoms with Crippen LogP contribution in [0.4, 0.5) is 4.79 Å². The second kappa shape index (κ2) is 8.22. The summed E-state index contributed by atoms with van der Waals surface area (Å²) in [7, 11) is 0. The molecule has 138 valence electrons. The van der Waals surface area contributed by atoms with E-state index in [0.717, 1.165) is 28.5 Å². The molecule has 2 aromatic carbocycles. The molecule has 6 heteroatoms. The average Bonchev–Trinajstić information content (AvgIpc) is 2.92. The van der Waals surface area contributed by atoms with Gasteiger partial charge in [-0.1, -0.05) is 42.5 Å². The molecule has 5 nitrogen and oxygen atoms in total. The summed E-state index contributed by atoms with van der Waals surface area (Å²) in [6.45, 7) is 4.21. The number of aryl methyl sites for hydroxylation is 1. The summed E-state index contributed by atoms with van der Waals surface area (Å²) < 4.78 is 0. The second-order valence-electron chi connectivity index (χ2n) is 6.25. The van der Waals surface area contributed by atoms with E-state index in [4.69, 9.17) is 0 Å². The molecule has 2 aromatic rings. The van der Waals surface area contributed by atoms with Crippen molar-refractivity contribution in [1.29, 1.82) is 0 Å². The van der Waals surface area contributed by atoms with E-state index in [-0.39, 0.29) is 30.1 Å². The first kappa shape index (κ1) is 18.9. The second-order valence-corrected chi connectivity index (χ2v) is 7.24. The van der Waals surface area contributed by atoms with Crippen molar-refractivity contribution >= 4 is 34.9 Å². The van der Waals surface area contributed by atoms with Crippen LogP contribution in [0.1, 0.15) is 27.0 Å². The predicted molar refractivity (Wildman–Crippen MR) is 107 cm³/mol. The third-order valence-corrected chi connectivity index (χ3v) is 5.35. The molecule has 3 rings (SSSR count). The number of nitrogens with zero attached hydrogens (tertiary/aromatic N) is 1. The number of carbonyl (C=O) groups excluding carboxylic acids is 3. The highest BCUT2D eigenvalue weighted by atomic mass is 32.2. The number of hydrogen-bond donors (Lipinski definition) is 1. The number of thioether (sulfide) groups is 1. The molecule has 0 saturated carbocycles. The standard InChI is InChI=1S/C21H20N2O3S/c1-14-7-6-10-17(15(14)2)19(24)22-11-12-23-20(25)18(27-21(23)26)13-16-8-4-3-5-9-16/h3-10,13H,11-12H2,1-2H3,(H,22,24)/b18-13-. The lowest BCUT2D eigenvalue weighted by Crippen LogP contribution is -2.37. The Morgan fingerprint density at radius 1 is 1.07 bits per heavy atom. The Morgan fingerprint density at radius 3 is 2.56 bits per heavy atom. The highest BCUT2D eigenvalue weighted by Crippen LogP contribution is 2.31. The van der Waals surface area contributed by atoms with Crippen molar-refractivity contribution < 1.29 is 14.4 Å². The zero-order chi connectivity index (χ0) is 19.4. The van der Waals surface area contributed by atoms with Gasteiger partial charge in [0.1, 0.15) is 0 Å². The van der Waals surface area contributed by atoms with Crippen LogP contribution in [0.2, 0.25) is 0 Å². The Kier molecular flexibility index (Phi) is 5.76. The molecule has 1 saturated heterocycles. The van der Waals surface area contributed by atoms with Gasteiger partial charge < -0.3 is 5.32 Å². The van der Waals surface area contributed by atoms with Crippen LogP contribution in [0.3, 0.4) is 0 Å². The van der Waals surface area contributed by atoms with Gasteiger partial charge in [0.05, 0.1) is 4.91 Å². The van der Waals surface area contributed by atoms with Gasteiger partial charge in [0.2, 0.25) is 0 Å². The van der Waals surface area contributed by atoms with E-state index in [1.165, 1.54) is 4.90 Å². The van der Waals surface area contributed by atoms with E-state index in [1.54, 1.807) is 12.1 Å². The molecule has 0 atom stereocenters. The van der Waals surface area contributed by atoms with E-state index < -0.39 is 0 Å². The molecule has 1 aliphatic rings. The van der Waals surface area contributed by atoms with Crippen LogP contribution in [0.15, 0.2) is 53.4 Å². The number of amides is 3. The van der Waals surface area contributed by atoms with Crippen molar-refractivity contribution in [2.75, 3.05) is 13.1 Å². The Morgan fingerprint density at radius 2 is 1.81 bits per heavy atom. The molecule has 0 unspecified atom stereocenters. The zero-order valence-corrected chi connectivity index (χ0v) is 16.0. The normalized spacial score (nSPS) is 15.5. The number of hydrogen-bond acceptors (Lipinski definition) is 4. The van der Waals surface area contributed by atoms with Gasteiger partial charge in [-0.3, -0.25) is 19.3 Å². The molecule has 0 aliphatic carbocycles. The van der Waals surface area contributed by atoms with Gasteiger partial charge in [0.25, 0.3) is 17.1 Å². The van der Waals surface area contributed by atoms with Crippen LogP contribution in [0.25, 0.3) is 6.08 Å². The molecular weight excluding hydrogens is 360 g/mol. The lowest BCUT2D eigenvalue weighted by atomic mass is 10.0. The summed E-state index contributed by atoms with van der Waals surface area (Å²) >= 11 is 0.922.